The molecule has 162 valence electrons. The topological polar surface area (TPSA) is 77.7 Å². The number of benzene rings is 2. The van der Waals surface area contributed by atoms with Gasteiger partial charge in [0.2, 0.25) is 5.89 Å². The predicted octanol–water partition coefficient (Wildman–Crippen LogP) is 3.78. The highest BCUT2D eigenvalue weighted by molar-refractivity contribution is 5.94. The van der Waals surface area contributed by atoms with Crippen LogP contribution in [0.4, 0.5) is 4.39 Å². The highest BCUT2D eigenvalue weighted by atomic mass is 19.1. The van der Waals surface area contributed by atoms with Gasteiger partial charge in [0.25, 0.3) is 5.91 Å². The quantitative estimate of drug-likeness (QED) is 0.573. The molecule has 1 saturated heterocycles. The Morgan fingerprint density at radius 3 is 2.94 bits per heavy atom. The van der Waals surface area contributed by atoms with Crippen molar-refractivity contribution in [3.63, 3.8) is 0 Å². The van der Waals surface area contributed by atoms with Gasteiger partial charge in [-0.1, -0.05) is 17.3 Å². The second-order valence-corrected chi connectivity index (χ2v) is 7.55. The molecule has 2 aromatic carbocycles. The number of methoxy groups -OCH3 is 1. The summed E-state index contributed by atoms with van der Waals surface area (Å²) in [6.07, 6.45) is 1.24. The molecule has 0 radical (unpaired) electrons. The van der Waals surface area contributed by atoms with Crippen LogP contribution in [0.15, 0.2) is 47.0 Å². The third-order valence-electron chi connectivity index (χ3n) is 5.29. The molecular formula is C23H24FN3O4. The SMILES string of the molecule is COc1ccc(C(=O)N2CCC(c3nc(CCOc4cccc(C)c4)no3)C2)cc1F. The predicted molar refractivity (Wildman–Crippen MR) is 111 cm³/mol. The Labute approximate surface area is 179 Å². The van der Waals surface area contributed by atoms with Crippen molar-refractivity contribution in [1.29, 1.82) is 0 Å². The van der Waals surface area contributed by atoms with Gasteiger partial charge in [0.15, 0.2) is 17.4 Å². The average molecular weight is 425 g/mol. The van der Waals surface area contributed by atoms with Gasteiger partial charge in [0, 0.05) is 25.1 Å². The number of amides is 1. The van der Waals surface area contributed by atoms with Crippen molar-refractivity contribution < 1.29 is 23.2 Å². The van der Waals surface area contributed by atoms with E-state index in [9.17, 15) is 9.18 Å². The maximum Gasteiger partial charge on any atom is 0.253 e. The van der Waals surface area contributed by atoms with Gasteiger partial charge in [-0.05, 0) is 49.2 Å². The maximum absolute atomic E-state index is 13.9. The normalized spacial score (nSPS) is 15.8. The third-order valence-corrected chi connectivity index (χ3v) is 5.29. The standard InChI is InChI=1S/C23H24FN3O4/c1-15-4-3-5-18(12-15)30-11-9-21-25-22(31-26-21)17-8-10-27(14-17)23(28)16-6-7-20(29-2)19(24)13-16/h3-7,12-13,17H,8-11,14H2,1-2H3. The molecule has 4 rings (SSSR count). The molecule has 8 heteroatoms. The van der Waals surface area contributed by atoms with Crippen LogP contribution in [0.2, 0.25) is 0 Å². The molecule has 1 atom stereocenters. The molecule has 7 nitrogen and oxygen atoms in total. The van der Waals surface area contributed by atoms with E-state index in [2.05, 4.69) is 10.1 Å². The summed E-state index contributed by atoms with van der Waals surface area (Å²) in [6.45, 7) is 3.46. The van der Waals surface area contributed by atoms with Crippen LogP contribution in [-0.4, -0.2) is 47.8 Å². The van der Waals surface area contributed by atoms with Gasteiger partial charge in [0.1, 0.15) is 5.75 Å². The molecule has 1 aliphatic heterocycles. The second kappa shape index (κ2) is 9.16. The fourth-order valence-corrected chi connectivity index (χ4v) is 3.63. The molecule has 1 aliphatic rings. The molecule has 0 bridgehead atoms. The second-order valence-electron chi connectivity index (χ2n) is 7.55. The Bertz CT molecular complexity index is 1070. The van der Waals surface area contributed by atoms with Gasteiger partial charge in [-0.25, -0.2) is 4.39 Å². The van der Waals surface area contributed by atoms with E-state index in [0.717, 1.165) is 11.3 Å². The lowest BCUT2D eigenvalue weighted by Gasteiger charge is -2.16. The lowest BCUT2D eigenvalue weighted by molar-refractivity contribution is 0.0789. The number of hydrogen-bond acceptors (Lipinski definition) is 6. The van der Waals surface area contributed by atoms with Crippen LogP contribution >= 0.6 is 0 Å². The van der Waals surface area contributed by atoms with Gasteiger partial charge >= 0.3 is 0 Å². The van der Waals surface area contributed by atoms with E-state index in [1.165, 1.54) is 19.2 Å². The molecule has 1 amide bonds. The van der Waals surface area contributed by atoms with Crippen molar-refractivity contribution in [3.8, 4) is 11.5 Å². The maximum atomic E-state index is 13.9. The molecule has 0 aliphatic carbocycles. The number of ether oxygens (including phenoxy) is 2. The van der Waals surface area contributed by atoms with Gasteiger partial charge in [0.05, 0.1) is 19.6 Å². The van der Waals surface area contributed by atoms with E-state index in [0.29, 0.717) is 49.8 Å². The number of nitrogens with zero attached hydrogens (tertiary/aromatic N) is 3. The zero-order valence-electron chi connectivity index (χ0n) is 17.5. The summed E-state index contributed by atoms with van der Waals surface area (Å²) in [4.78, 5) is 18.9. The molecule has 3 aromatic rings. The fraction of sp³-hybridized carbons (Fsp3) is 0.348. The number of carbonyl (C=O) groups is 1. The summed E-state index contributed by atoms with van der Waals surface area (Å²) in [5.74, 6) is 1.19. The first kappa shape index (κ1) is 20.8. The van der Waals surface area contributed by atoms with Crippen molar-refractivity contribution in [2.24, 2.45) is 0 Å². The van der Waals surface area contributed by atoms with Gasteiger partial charge < -0.3 is 18.9 Å². The number of likely N-dealkylation sites (tertiary alicyclic amines) is 1. The molecule has 1 fully saturated rings. The lowest BCUT2D eigenvalue weighted by atomic mass is 10.1. The molecular weight excluding hydrogens is 401 g/mol. The van der Waals surface area contributed by atoms with Crippen LogP contribution in [0.1, 0.15) is 40.0 Å². The number of rotatable bonds is 7. The summed E-state index contributed by atoms with van der Waals surface area (Å²) >= 11 is 0. The fourth-order valence-electron chi connectivity index (χ4n) is 3.63. The van der Waals surface area contributed by atoms with E-state index in [1.807, 2.05) is 31.2 Å². The number of aryl methyl sites for hydroxylation is 1. The van der Waals surface area contributed by atoms with E-state index in [4.69, 9.17) is 14.0 Å². The first-order valence-electron chi connectivity index (χ1n) is 10.2. The first-order valence-corrected chi connectivity index (χ1v) is 10.2. The molecule has 0 spiro atoms. The van der Waals surface area contributed by atoms with Gasteiger partial charge in [-0.2, -0.15) is 4.98 Å². The number of aromatic nitrogens is 2. The lowest BCUT2D eigenvalue weighted by Crippen LogP contribution is -2.28. The molecule has 1 unspecified atom stereocenters. The van der Waals surface area contributed by atoms with E-state index < -0.39 is 5.82 Å². The highest BCUT2D eigenvalue weighted by Crippen LogP contribution is 2.28. The highest BCUT2D eigenvalue weighted by Gasteiger charge is 2.31. The first-order chi connectivity index (χ1) is 15.0. The summed E-state index contributed by atoms with van der Waals surface area (Å²) in [5, 5.41) is 4.04. The van der Waals surface area contributed by atoms with Crippen molar-refractivity contribution >= 4 is 5.91 Å². The third kappa shape index (κ3) is 4.84. The van der Waals surface area contributed by atoms with Crippen LogP contribution in [0.3, 0.4) is 0 Å². The smallest absolute Gasteiger partial charge is 0.253 e. The van der Waals surface area contributed by atoms with E-state index >= 15 is 0 Å². The van der Waals surface area contributed by atoms with Crippen molar-refractivity contribution in [3.05, 3.63) is 71.1 Å². The largest absolute Gasteiger partial charge is 0.494 e. The zero-order valence-corrected chi connectivity index (χ0v) is 17.5. The Morgan fingerprint density at radius 1 is 1.29 bits per heavy atom. The minimum atomic E-state index is -0.557. The van der Waals surface area contributed by atoms with E-state index in [-0.39, 0.29) is 17.6 Å². The summed E-state index contributed by atoms with van der Waals surface area (Å²) in [7, 11) is 1.39. The van der Waals surface area contributed by atoms with E-state index in [1.54, 1.807) is 11.0 Å². The van der Waals surface area contributed by atoms with Crippen LogP contribution in [0, 0.1) is 12.7 Å². The molecule has 0 N–H and O–H groups in total. The van der Waals surface area contributed by atoms with Crippen LogP contribution < -0.4 is 9.47 Å². The Kier molecular flexibility index (Phi) is 6.16. The Morgan fingerprint density at radius 2 is 2.16 bits per heavy atom. The average Bonchev–Trinajstić information content (AvgIpc) is 3.43. The molecule has 31 heavy (non-hydrogen) atoms. The number of halogens is 1. The van der Waals surface area contributed by atoms with Gasteiger partial charge in [-0.15, -0.1) is 0 Å². The molecule has 0 saturated carbocycles. The summed E-state index contributed by atoms with van der Waals surface area (Å²) in [6, 6.07) is 12.1. The molecule has 2 heterocycles. The van der Waals surface area contributed by atoms with Crippen molar-refractivity contribution in [2.45, 2.75) is 25.7 Å². The summed E-state index contributed by atoms with van der Waals surface area (Å²) in [5.41, 5.74) is 1.43. The van der Waals surface area contributed by atoms with Crippen molar-refractivity contribution in [1.82, 2.24) is 15.0 Å². The van der Waals surface area contributed by atoms with Crippen molar-refractivity contribution in [2.75, 3.05) is 26.8 Å². The number of hydrogen-bond donors (Lipinski definition) is 0. The summed E-state index contributed by atoms with van der Waals surface area (Å²) < 4.78 is 30.0. The van der Waals surface area contributed by atoms with Crippen LogP contribution in [0.5, 0.6) is 11.5 Å². The van der Waals surface area contributed by atoms with Crippen LogP contribution in [0.25, 0.3) is 0 Å². The minimum absolute atomic E-state index is 0.0361. The van der Waals surface area contributed by atoms with Crippen LogP contribution in [-0.2, 0) is 6.42 Å². The Balaban J connectivity index is 1.31. The Hall–Kier alpha value is -3.42. The minimum Gasteiger partial charge on any atom is -0.494 e. The zero-order chi connectivity index (χ0) is 21.8. The monoisotopic (exact) mass is 425 g/mol. The number of carbonyl (C=O) groups excluding carboxylic acids is 1. The molecule has 1 aromatic heterocycles. The van der Waals surface area contributed by atoms with Gasteiger partial charge in [-0.3, -0.25) is 4.79 Å².